The highest BCUT2D eigenvalue weighted by molar-refractivity contribution is 7.80. The maximum Gasteiger partial charge on any atom is 0.405 e. The molecular weight excluding hydrogens is 256 g/mol. The fraction of sp³-hybridized carbons (Fsp3) is 0.300. The molecule has 0 radical (unpaired) electrons. The molecule has 0 aliphatic carbocycles. The molecule has 0 aliphatic rings. The monoisotopic (exact) mass is 266 g/mol. The average Bonchev–Trinajstić information content (AvgIpc) is 2.14. The van der Waals surface area contributed by atoms with Gasteiger partial charge in [-0.05, 0) is 18.2 Å². The number of nitrogens with two attached hydrogens (primary N) is 1. The first-order chi connectivity index (χ1) is 7.70. The van der Waals surface area contributed by atoms with Gasteiger partial charge < -0.3 is 10.6 Å². The quantitative estimate of drug-likeness (QED) is 0.673. The van der Waals surface area contributed by atoms with E-state index in [4.69, 9.17) is 5.73 Å². The van der Waals surface area contributed by atoms with Gasteiger partial charge in [0.2, 0.25) is 0 Å². The van der Waals surface area contributed by atoms with E-state index in [0.29, 0.717) is 0 Å². The molecule has 1 aromatic carbocycles. The van der Waals surface area contributed by atoms with Crippen molar-refractivity contribution >= 4 is 22.9 Å². The molecule has 0 saturated carbocycles. The lowest BCUT2D eigenvalue weighted by molar-refractivity contribution is -0.119. The van der Waals surface area contributed by atoms with Crippen molar-refractivity contribution in [3.8, 4) is 0 Å². The maximum atomic E-state index is 13.4. The number of anilines is 1. The fourth-order valence-corrected chi connectivity index (χ4v) is 1.47. The summed E-state index contributed by atoms with van der Waals surface area (Å²) in [6, 6.07) is 3.57. The molecule has 0 unspecified atom stereocenters. The lowest BCUT2D eigenvalue weighted by Gasteiger charge is -2.21. The fourth-order valence-electron chi connectivity index (χ4n) is 1.30. The summed E-state index contributed by atoms with van der Waals surface area (Å²) < 4.78 is 49.8. The molecule has 0 aliphatic heterocycles. The third-order valence-electron chi connectivity index (χ3n) is 2.08. The molecule has 0 atom stereocenters. The van der Waals surface area contributed by atoms with Crippen LogP contribution in [-0.4, -0.2) is 24.8 Å². The van der Waals surface area contributed by atoms with Gasteiger partial charge in [-0.1, -0.05) is 12.2 Å². The van der Waals surface area contributed by atoms with Crippen LogP contribution in [0.3, 0.4) is 0 Å². The largest absolute Gasteiger partial charge is 0.405 e. The molecule has 7 heteroatoms. The van der Waals surface area contributed by atoms with E-state index in [9.17, 15) is 17.6 Å². The second kappa shape index (κ2) is 4.87. The Kier molecular flexibility index (Phi) is 3.92. The van der Waals surface area contributed by atoms with Crippen molar-refractivity contribution in [1.82, 2.24) is 0 Å². The smallest absolute Gasteiger partial charge is 0.389 e. The van der Waals surface area contributed by atoms with Crippen molar-refractivity contribution < 1.29 is 17.6 Å². The summed E-state index contributed by atoms with van der Waals surface area (Å²) in [5, 5.41) is 0. The van der Waals surface area contributed by atoms with Gasteiger partial charge in [0.1, 0.15) is 17.4 Å². The molecule has 0 bridgehead atoms. The summed E-state index contributed by atoms with van der Waals surface area (Å²) in [5.41, 5.74) is 5.37. The third kappa shape index (κ3) is 3.85. The Morgan fingerprint density at radius 2 is 2.00 bits per heavy atom. The van der Waals surface area contributed by atoms with Crippen molar-refractivity contribution in [3.05, 3.63) is 29.6 Å². The topological polar surface area (TPSA) is 29.3 Å². The van der Waals surface area contributed by atoms with Crippen LogP contribution in [-0.2, 0) is 0 Å². The summed E-state index contributed by atoms with van der Waals surface area (Å²) in [6.07, 6.45) is -4.34. The number of nitrogens with zero attached hydrogens (tertiary/aromatic N) is 1. The van der Waals surface area contributed by atoms with Gasteiger partial charge in [-0.3, -0.25) is 0 Å². The van der Waals surface area contributed by atoms with Crippen LogP contribution in [0, 0.1) is 5.82 Å². The summed E-state index contributed by atoms with van der Waals surface area (Å²) in [6.45, 7) is -1.15. The first kappa shape index (κ1) is 13.7. The Bertz CT molecular complexity index is 431. The van der Waals surface area contributed by atoms with Crippen molar-refractivity contribution in [2.45, 2.75) is 6.18 Å². The van der Waals surface area contributed by atoms with Crippen molar-refractivity contribution in [2.24, 2.45) is 5.73 Å². The van der Waals surface area contributed by atoms with E-state index >= 15 is 0 Å². The standard InChI is InChI=1S/C10H10F4N2S/c1-16(5-10(12,13)14)6-2-3-7(9(15)17)8(11)4-6/h2-4H,5H2,1H3,(H2,15,17). The van der Waals surface area contributed by atoms with Crippen LogP contribution in [0.15, 0.2) is 18.2 Å². The molecule has 1 rings (SSSR count). The van der Waals surface area contributed by atoms with Crippen LogP contribution in [0.4, 0.5) is 23.2 Å². The summed E-state index contributed by atoms with van der Waals surface area (Å²) >= 11 is 4.59. The summed E-state index contributed by atoms with van der Waals surface area (Å²) in [5.74, 6) is -0.732. The number of rotatable bonds is 3. The normalized spacial score (nSPS) is 11.4. The Morgan fingerprint density at radius 3 is 2.41 bits per heavy atom. The van der Waals surface area contributed by atoms with E-state index in [-0.39, 0.29) is 16.2 Å². The van der Waals surface area contributed by atoms with E-state index in [2.05, 4.69) is 12.2 Å². The predicted molar refractivity (Wildman–Crippen MR) is 61.6 cm³/mol. The number of hydrogen-bond acceptors (Lipinski definition) is 2. The number of hydrogen-bond donors (Lipinski definition) is 1. The Hall–Kier alpha value is -1.37. The minimum Gasteiger partial charge on any atom is -0.389 e. The Balaban J connectivity index is 2.94. The van der Waals surface area contributed by atoms with E-state index in [1.807, 2.05) is 0 Å². The Morgan fingerprint density at radius 1 is 1.41 bits per heavy atom. The molecule has 0 fully saturated rings. The van der Waals surface area contributed by atoms with Gasteiger partial charge in [0.05, 0.1) is 0 Å². The second-order valence-electron chi connectivity index (χ2n) is 3.50. The van der Waals surface area contributed by atoms with Crippen LogP contribution in [0.5, 0.6) is 0 Å². The number of thiocarbonyl (C=S) groups is 1. The van der Waals surface area contributed by atoms with Gasteiger partial charge in [0, 0.05) is 18.3 Å². The minimum atomic E-state index is -4.34. The number of alkyl halides is 3. The molecule has 17 heavy (non-hydrogen) atoms. The Labute approximate surface area is 101 Å². The van der Waals surface area contributed by atoms with E-state index in [1.165, 1.54) is 19.2 Å². The lowest BCUT2D eigenvalue weighted by Crippen LogP contribution is -2.31. The molecule has 0 aromatic heterocycles. The molecule has 0 heterocycles. The van der Waals surface area contributed by atoms with Gasteiger partial charge in [-0.2, -0.15) is 13.2 Å². The molecule has 0 spiro atoms. The van der Waals surface area contributed by atoms with E-state index < -0.39 is 18.5 Å². The van der Waals surface area contributed by atoms with Crippen LogP contribution < -0.4 is 10.6 Å². The first-order valence-electron chi connectivity index (χ1n) is 4.58. The van der Waals surface area contributed by atoms with E-state index in [0.717, 1.165) is 11.0 Å². The average molecular weight is 266 g/mol. The van der Waals surface area contributed by atoms with Crippen LogP contribution in [0.25, 0.3) is 0 Å². The lowest BCUT2D eigenvalue weighted by atomic mass is 10.2. The number of halogens is 4. The van der Waals surface area contributed by atoms with Gasteiger partial charge in [0.15, 0.2) is 0 Å². The SMILES string of the molecule is CN(CC(F)(F)F)c1ccc(C(N)=S)c(F)c1. The molecular formula is C10H10F4N2S. The van der Waals surface area contributed by atoms with Crippen LogP contribution >= 0.6 is 12.2 Å². The van der Waals surface area contributed by atoms with Gasteiger partial charge in [-0.15, -0.1) is 0 Å². The van der Waals surface area contributed by atoms with Gasteiger partial charge >= 0.3 is 6.18 Å². The number of benzene rings is 1. The maximum absolute atomic E-state index is 13.4. The van der Waals surface area contributed by atoms with Crippen LogP contribution in [0.1, 0.15) is 5.56 Å². The van der Waals surface area contributed by atoms with Crippen molar-refractivity contribution in [3.63, 3.8) is 0 Å². The van der Waals surface area contributed by atoms with Crippen LogP contribution in [0.2, 0.25) is 0 Å². The predicted octanol–water partition coefficient (Wildman–Crippen LogP) is 2.46. The first-order valence-corrected chi connectivity index (χ1v) is 4.99. The van der Waals surface area contributed by atoms with Crippen molar-refractivity contribution in [2.75, 3.05) is 18.5 Å². The highest BCUT2D eigenvalue weighted by Gasteiger charge is 2.29. The molecule has 2 nitrogen and oxygen atoms in total. The highest BCUT2D eigenvalue weighted by atomic mass is 32.1. The minimum absolute atomic E-state index is 0.0177. The van der Waals surface area contributed by atoms with Crippen molar-refractivity contribution in [1.29, 1.82) is 0 Å². The third-order valence-corrected chi connectivity index (χ3v) is 2.30. The highest BCUT2D eigenvalue weighted by Crippen LogP contribution is 2.22. The van der Waals surface area contributed by atoms with Gasteiger partial charge in [0.25, 0.3) is 0 Å². The van der Waals surface area contributed by atoms with E-state index in [1.54, 1.807) is 0 Å². The summed E-state index contributed by atoms with van der Waals surface area (Å²) in [4.78, 5) is 0.763. The zero-order valence-electron chi connectivity index (χ0n) is 8.88. The summed E-state index contributed by atoms with van der Waals surface area (Å²) in [7, 11) is 1.22. The molecule has 0 amide bonds. The van der Waals surface area contributed by atoms with Gasteiger partial charge in [-0.25, -0.2) is 4.39 Å². The molecule has 1 aromatic rings. The molecule has 2 N–H and O–H groups in total. The second-order valence-corrected chi connectivity index (χ2v) is 3.94. The molecule has 0 saturated heterocycles. The molecule has 94 valence electrons. The zero-order chi connectivity index (χ0) is 13.2. The zero-order valence-corrected chi connectivity index (χ0v) is 9.70.